The molecule has 0 aromatic heterocycles. The van der Waals surface area contributed by atoms with Gasteiger partial charge in [0.05, 0.1) is 12.0 Å². The zero-order chi connectivity index (χ0) is 19.3. The van der Waals surface area contributed by atoms with E-state index in [9.17, 15) is 13.2 Å². The number of nitrogens with one attached hydrogen (secondary N) is 1. The van der Waals surface area contributed by atoms with Crippen molar-refractivity contribution in [3.8, 4) is 5.75 Å². The van der Waals surface area contributed by atoms with Gasteiger partial charge in [0.25, 0.3) is 0 Å². The molecule has 0 radical (unpaired) electrons. The summed E-state index contributed by atoms with van der Waals surface area (Å²) in [5.41, 5.74) is 1.71. The van der Waals surface area contributed by atoms with E-state index in [4.69, 9.17) is 4.74 Å². The van der Waals surface area contributed by atoms with Crippen LogP contribution in [-0.2, 0) is 14.8 Å². The molecule has 0 fully saturated rings. The highest BCUT2D eigenvalue weighted by Gasteiger charge is 2.31. The van der Waals surface area contributed by atoms with E-state index in [2.05, 4.69) is 5.32 Å². The molecule has 0 saturated heterocycles. The average Bonchev–Trinajstić information content (AvgIpc) is 2.63. The normalized spacial score (nSPS) is 12.7. The second kappa shape index (κ2) is 8.33. The topological polar surface area (TPSA) is 75.7 Å². The number of hydrogen-bond donors (Lipinski definition) is 1. The SMILES string of the molecule is CCN(C(C)C(=O)Nc1ccc(C)cc1)S(=O)(=O)c1ccc(OC)cc1. The van der Waals surface area contributed by atoms with Crippen molar-refractivity contribution in [2.75, 3.05) is 19.0 Å². The predicted molar refractivity (Wildman–Crippen MR) is 102 cm³/mol. The zero-order valence-corrected chi connectivity index (χ0v) is 16.2. The summed E-state index contributed by atoms with van der Waals surface area (Å²) in [6.07, 6.45) is 0. The predicted octanol–water partition coefficient (Wildman–Crippen LogP) is 3.04. The van der Waals surface area contributed by atoms with E-state index in [-0.39, 0.29) is 17.3 Å². The van der Waals surface area contributed by atoms with E-state index < -0.39 is 16.1 Å². The van der Waals surface area contributed by atoms with Gasteiger partial charge in [-0.15, -0.1) is 0 Å². The van der Waals surface area contributed by atoms with Gasteiger partial charge in [-0.05, 0) is 50.2 Å². The van der Waals surface area contributed by atoms with E-state index in [0.29, 0.717) is 11.4 Å². The van der Waals surface area contributed by atoms with Gasteiger partial charge < -0.3 is 10.1 Å². The largest absolute Gasteiger partial charge is 0.497 e. The molecule has 2 aromatic carbocycles. The number of likely N-dealkylation sites (N-methyl/N-ethyl adjacent to an activating group) is 1. The van der Waals surface area contributed by atoms with Crippen LogP contribution in [0.15, 0.2) is 53.4 Å². The molecule has 1 N–H and O–H groups in total. The average molecular weight is 376 g/mol. The molecule has 0 spiro atoms. The molecule has 1 amide bonds. The van der Waals surface area contributed by atoms with Crippen molar-refractivity contribution in [2.45, 2.75) is 31.7 Å². The summed E-state index contributed by atoms with van der Waals surface area (Å²) in [6.45, 7) is 5.41. The van der Waals surface area contributed by atoms with Crippen molar-refractivity contribution in [3.05, 3.63) is 54.1 Å². The first-order valence-corrected chi connectivity index (χ1v) is 9.77. The highest BCUT2D eigenvalue weighted by atomic mass is 32.2. The summed E-state index contributed by atoms with van der Waals surface area (Å²) in [5.74, 6) is 0.185. The lowest BCUT2D eigenvalue weighted by Gasteiger charge is -2.26. The molecule has 0 bridgehead atoms. The van der Waals surface area contributed by atoms with Crippen LogP contribution in [0.5, 0.6) is 5.75 Å². The summed E-state index contributed by atoms with van der Waals surface area (Å²) < 4.78 is 32.1. The van der Waals surface area contributed by atoms with E-state index in [1.165, 1.54) is 23.5 Å². The lowest BCUT2D eigenvalue weighted by Crippen LogP contribution is -2.45. The minimum atomic E-state index is -3.80. The maximum absolute atomic E-state index is 12.9. The summed E-state index contributed by atoms with van der Waals surface area (Å²) in [5, 5.41) is 2.76. The Morgan fingerprint density at radius 2 is 1.69 bits per heavy atom. The van der Waals surface area contributed by atoms with E-state index in [1.54, 1.807) is 38.1 Å². The molecular weight excluding hydrogens is 352 g/mol. The van der Waals surface area contributed by atoms with Crippen LogP contribution in [0, 0.1) is 6.92 Å². The number of anilines is 1. The van der Waals surface area contributed by atoms with Crippen LogP contribution in [0.25, 0.3) is 0 Å². The summed E-state index contributed by atoms with van der Waals surface area (Å²) in [7, 11) is -2.29. The van der Waals surface area contributed by atoms with Crippen molar-refractivity contribution in [3.63, 3.8) is 0 Å². The Morgan fingerprint density at radius 1 is 1.12 bits per heavy atom. The van der Waals surface area contributed by atoms with Gasteiger partial charge in [0, 0.05) is 12.2 Å². The number of amides is 1. The maximum Gasteiger partial charge on any atom is 0.243 e. The van der Waals surface area contributed by atoms with E-state index in [0.717, 1.165) is 5.56 Å². The second-order valence-electron chi connectivity index (χ2n) is 5.92. The van der Waals surface area contributed by atoms with Crippen LogP contribution in [0.4, 0.5) is 5.69 Å². The number of benzene rings is 2. The van der Waals surface area contributed by atoms with Gasteiger partial charge >= 0.3 is 0 Å². The summed E-state index contributed by atoms with van der Waals surface area (Å²) in [6, 6.07) is 12.6. The molecule has 6 nitrogen and oxygen atoms in total. The number of rotatable bonds is 7. The van der Waals surface area contributed by atoms with Crippen molar-refractivity contribution in [2.24, 2.45) is 0 Å². The maximum atomic E-state index is 12.9. The number of aryl methyl sites for hydroxylation is 1. The first-order valence-electron chi connectivity index (χ1n) is 8.33. The molecular formula is C19H24N2O4S. The third-order valence-corrected chi connectivity index (χ3v) is 6.17. The fourth-order valence-corrected chi connectivity index (χ4v) is 4.15. The molecule has 7 heteroatoms. The first kappa shape index (κ1) is 19.9. The minimum absolute atomic E-state index is 0.120. The molecule has 0 aliphatic heterocycles. The van der Waals surface area contributed by atoms with E-state index >= 15 is 0 Å². The highest BCUT2D eigenvalue weighted by molar-refractivity contribution is 7.89. The van der Waals surface area contributed by atoms with Gasteiger partial charge in [-0.3, -0.25) is 4.79 Å². The summed E-state index contributed by atoms with van der Waals surface area (Å²) in [4.78, 5) is 12.7. The standard InChI is InChI=1S/C19H24N2O4S/c1-5-21(26(23,24)18-12-10-17(25-4)11-13-18)15(3)19(22)20-16-8-6-14(2)7-9-16/h6-13,15H,5H2,1-4H3,(H,20,22). The number of methoxy groups -OCH3 is 1. The van der Waals surface area contributed by atoms with E-state index in [1.807, 2.05) is 19.1 Å². The Bertz CT molecular complexity index is 846. The van der Waals surface area contributed by atoms with Crippen LogP contribution in [0.2, 0.25) is 0 Å². The third kappa shape index (κ3) is 4.42. The molecule has 0 heterocycles. The molecule has 0 saturated carbocycles. The van der Waals surface area contributed by atoms with Crippen molar-refractivity contribution in [1.29, 1.82) is 0 Å². The van der Waals surface area contributed by atoms with Gasteiger partial charge in [0.2, 0.25) is 15.9 Å². The smallest absolute Gasteiger partial charge is 0.243 e. The molecule has 0 aliphatic rings. The Labute approximate surface area is 154 Å². The number of hydrogen-bond acceptors (Lipinski definition) is 4. The second-order valence-corrected chi connectivity index (χ2v) is 7.81. The van der Waals surface area contributed by atoms with Gasteiger partial charge in [-0.25, -0.2) is 8.42 Å². The number of carbonyl (C=O) groups is 1. The Hall–Kier alpha value is -2.38. The fourth-order valence-electron chi connectivity index (χ4n) is 2.55. The number of ether oxygens (including phenoxy) is 1. The molecule has 0 aliphatic carbocycles. The molecule has 140 valence electrons. The summed E-state index contributed by atoms with van der Waals surface area (Å²) >= 11 is 0. The molecule has 1 unspecified atom stereocenters. The van der Waals surface area contributed by atoms with Crippen LogP contribution in [0.3, 0.4) is 0 Å². The fraction of sp³-hybridized carbons (Fsp3) is 0.316. The van der Waals surface area contributed by atoms with Gasteiger partial charge in [0.1, 0.15) is 11.8 Å². The molecule has 2 rings (SSSR count). The van der Waals surface area contributed by atoms with Gasteiger partial charge in [-0.2, -0.15) is 4.31 Å². The van der Waals surface area contributed by atoms with Crippen LogP contribution >= 0.6 is 0 Å². The number of sulfonamides is 1. The Balaban J connectivity index is 2.21. The first-order chi connectivity index (χ1) is 12.3. The lowest BCUT2D eigenvalue weighted by atomic mass is 10.2. The zero-order valence-electron chi connectivity index (χ0n) is 15.4. The van der Waals surface area contributed by atoms with Gasteiger partial charge in [0.15, 0.2) is 0 Å². The van der Waals surface area contributed by atoms with Crippen molar-refractivity contribution < 1.29 is 17.9 Å². The quantitative estimate of drug-likeness (QED) is 0.806. The van der Waals surface area contributed by atoms with Crippen LogP contribution in [-0.4, -0.2) is 38.3 Å². The Kier molecular flexibility index (Phi) is 6.39. The van der Waals surface area contributed by atoms with Crippen molar-refractivity contribution in [1.82, 2.24) is 4.31 Å². The Morgan fingerprint density at radius 3 is 2.19 bits per heavy atom. The van der Waals surface area contributed by atoms with Crippen molar-refractivity contribution >= 4 is 21.6 Å². The third-order valence-electron chi connectivity index (χ3n) is 4.11. The van der Waals surface area contributed by atoms with Crippen LogP contribution in [0.1, 0.15) is 19.4 Å². The minimum Gasteiger partial charge on any atom is -0.497 e. The lowest BCUT2D eigenvalue weighted by molar-refractivity contribution is -0.119. The highest BCUT2D eigenvalue weighted by Crippen LogP contribution is 2.21. The molecule has 1 atom stereocenters. The molecule has 26 heavy (non-hydrogen) atoms. The number of carbonyl (C=O) groups excluding carboxylic acids is 1. The monoisotopic (exact) mass is 376 g/mol. The number of nitrogens with zero attached hydrogens (tertiary/aromatic N) is 1. The molecule has 2 aromatic rings. The van der Waals surface area contributed by atoms with Crippen LogP contribution < -0.4 is 10.1 Å². The van der Waals surface area contributed by atoms with Gasteiger partial charge in [-0.1, -0.05) is 24.6 Å².